The first kappa shape index (κ1) is 15.3. The molecule has 0 spiro atoms. The SMILES string of the molecule is CC1[C@H](C)C2=C(CCCC2)N1C1=CCCC(C2=CCCCC2)=C1. The van der Waals surface area contributed by atoms with Gasteiger partial charge in [-0.3, -0.25) is 0 Å². The Kier molecular flexibility index (Phi) is 4.22. The van der Waals surface area contributed by atoms with Gasteiger partial charge in [0.15, 0.2) is 0 Å². The molecule has 1 heteroatoms. The van der Waals surface area contributed by atoms with E-state index in [1.807, 2.05) is 0 Å². The summed E-state index contributed by atoms with van der Waals surface area (Å²) in [5.74, 6) is 0.735. The molecule has 0 N–H and O–H groups in total. The van der Waals surface area contributed by atoms with E-state index in [4.69, 9.17) is 0 Å². The molecule has 0 fully saturated rings. The molecule has 0 radical (unpaired) electrons. The van der Waals surface area contributed by atoms with Crippen molar-refractivity contribution in [3.05, 3.63) is 46.3 Å². The molecule has 1 nitrogen and oxygen atoms in total. The predicted octanol–water partition coefficient (Wildman–Crippen LogP) is 6.26. The second-order valence-electron chi connectivity index (χ2n) is 7.89. The highest BCUT2D eigenvalue weighted by Crippen LogP contribution is 2.45. The van der Waals surface area contributed by atoms with E-state index in [9.17, 15) is 0 Å². The van der Waals surface area contributed by atoms with E-state index in [2.05, 4.69) is 37.0 Å². The van der Waals surface area contributed by atoms with Crippen LogP contribution < -0.4 is 0 Å². The molecule has 0 saturated heterocycles. The van der Waals surface area contributed by atoms with Crippen molar-refractivity contribution in [2.45, 2.75) is 84.1 Å². The van der Waals surface area contributed by atoms with Crippen molar-refractivity contribution in [2.75, 3.05) is 0 Å². The maximum absolute atomic E-state index is 2.71. The smallest absolute Gasteiger partial charge is 0.0374 e. The van der Waals surface area contributed by atoms with Crippen LogP contribution in [0.5, 0.6) is 0 Å². The van der Waals surface area contributed by atoms with Crippen molar-refractivity contribution >= 4 is 0 Å². The van der Waals surface area contributed by atoms with E-state index < -0.39 is 0 Å². The molecule has 1 aliphatic heterocycles. The maximum Gasteiger partial charge on any atom is 0.0374 e. The highest BCUT2D eigenvalue weighted by molar-refractivity contribution is 5.43. The van der Waals surface area contributed by atoms with Crippen LogP contribution in [0.3, 0.4) is 0 Å². The van der Waals surface area contributed by atoms with E-state index in [-0.39, 0.29) is 0 Å². The van der Waals surface area contributed by atoms with Gasteiger partial charge in [0.25, 0.3) is 0 Å². The quantitative estimate of drug-likeness (QED) is 0.582. The monoisotopic (exact) mass is 309 g/mol. The second kappa shape index (κ2) is 6.34. The fourth-order valence-electron chi connectivity index (χ4n) is 5.07. The summed E-state index contributed by atoms with van der Waals surface area (Å²) in [6, 6.07) is 0.639. The molecule has 0 saturated carbocycles. The van der Waals surface area contributed by atoms with Gasteiger partial charge < -0.3 is 4.90 Å². The highest BCUT2D eigenvalue weighted by Gasteiger charge is 2.37. The average Bonchev–Trinajstić information content (AvgIpc) is 2.87. The molecule has 124 valence electrons. The zero-order valence-electron chi connectivity index (χ0n) is 14.9. The first-order valence-electron chi connectivity index (χ1n) is 9.87. The van der Waals surface area contributed by atoms with E-state index in [1.165, 1.54) is 69.9 Å². The lowest BCUT2D eigenvalue weighted by Gasteiger charge is -2.33. The van der Waals surface area contributed by atoms with Gasteiger partial charge in [0.1, 0.15) is 0 Å². The van der Waals surface area contributed by atoms with Gasteiger partial charge in [-0.2, -0.15) is 0 Å². The second-order valence-corrected chi connectivity index (χ2v) is 7.89. The molecule has 0 aromatic rings. The summed E-state index contributed by atoms with van der Waals surface area (Å²) in [7, 11) is 0. The van der Waals surface area contributed by atoms with Crippen molar-refractivity contribution in [1.82, 2.24) is 4.90 Å². The van der Waals surface area contributed by atoms with Crippen LogP contribution in [0, 0.1) is 5.92 Å². The Hall–Kier alpha value is -1.24. The van der Waals surface area contributed by atoms with Gasteiger partial charge in [0, 0.05) is 17.4 Å². The zero-order chi connectivity index (χ0) is 15.8. The van der Waals surface area contributed by atoms with E-state index in [0.717, 1.165) is 5.92 Å². The van der Waals surface area contributed by atoms with Crippen LogP contribution in [0.4, 0.5) is 0 Å². The topological polar surface area (TPSA) is 3.24 Å². The van der Waals surface area contributed by atoms with Crippen LogP contribution in [-0.4, -0.2) is 10.9 Å². The summed E-state index contributed by atoms with van der Waals surface area (Å²) in [5.41, 5.74) is 8.23. The third kappa shape index (κ3) is 2.73. The Labute approximate surface area is 141 Å². The Balaban J connectivity index is 1.64. The fraction of sp³-hybridized carbons (Fsp3) is 0.636. The Morgan fingerprint density at radius 1 is 0.826 bits per heavy atom. The molecule has 0 amide bonds. The van der Waals surface area contributed by atoms with E-state index in [1.54, 1.807) is 22.4 Å². The Morgan fingerprint density at radius 3 is 2.48 bits per heavy atom. The van der Waals surface area contributed by atoms with Crippen molar-refractivity contribution < 1.29 is 0 Å². The van der Waals surface area contributed by atoms with E-state index in [0.29, 0.717) is 6.04 Å². The van der Waals surface area contributed by atoms with Gasteiger partial charge in [-0.05, 0) is 99.8 Å². The van der Waals surface area contributed by atoms with Crippen molar-refractivity contribution in [1.29, 1.82) is 0 Å². The first-order chi connectivity index (χ1) is 11.3. The minimum absolute atomic E-state index is 0.639. The van der Waals surface area contributed by atoms with Crippen LogP contribution in [0.2, 0.25) is 0 Å². The molecule has 0 bridgehead atoms. The number of hydrogen-bond acceptors (Lipinski definition) is 1. The molecule has 1 unspecified atom stereocenters. The van der Waals surface area contributed by atoms with Gasteiger partial charge in [0.05, 0.1) is 0 Å². The fourth-order valence-corrected chi connectivity index (χ4v) is 5.07. The standard InChI is InChI=1S/C22H31N/c1-16-17(2)23(22-14-7-6-13-21(16)22)20-12-8-11-19(15-20)18-9-4-3-5-10-18/h9,12,15-17H,3-8,10-11,13-14H2,1-2H3/t16-,17?/m0/s1. The molecule has 4 rings (SSSR count). The predicted molar refractivity (Wildman–Crippen MR) is 97.9 cm³/mol. The van der Waals surface area contributed by atoms with Crippen molar-refractivity contribution in [3.8, 4) is 0 Å². The average molecular weight is 309 g/mol. The first-order valence-corrected chi connectivity index (χ1v) is 9.87. The summed E-state index contributed by atoms with van der Waals surface area (Å²) in [6.07, 6.45) is 20.8. The van der Waals surface area contributed by atoms with Crippen LogP contribution in [-0.2, 0) is 0 Å². The maximum atomic E-state index is 2.71. The summed E-state index contributed by atoms with van der Waals surface area (Å²) >= 11 is 0. The lowest BCUT2D eigenvalue weighted by atomic mass is 9.88. The summed E-state index contributed by atoms with van der Waals surface area (Å²) in [6.45, 7) is 4.88. The normalized spacial score (nSPS) is 31.6. The van der Waals surface area contributed by atoms with Gasteiger partial charge in [-0.15, -0.1) is 0 Å². The van der Waals surface area contributed by atoms with Crippen molar-refractivity contribution in [3.63, 3.8) is 0 Å². The molecule has 2 atom stereocenters. The number of nitrogens with zero attached hydrogens (tertiary/aromatic N) is 1. The minimum atomic E-state index is 0.639. The van der Waals surface area contributed by atoms with Crippen LogP contribution >= 0.6 is 0 Å². The molecule has 0 aromatic carbocycles. The van der Waals surface area contributed by atoms with Crippen LogP contribution in [0.25, 0.3) is 0 Å². The lowest BCUT2D eigenvalue weighted by molar-refractivity contribution is 0.319. The summed E-state index contributed by atoms with van der Waals surface area (Å²) in [4.78, 5) is 2.71. The zero-order valence-corrected chi connectivity index (χ0v) is 14.9. The molecule has 0 aromatic heterocycles. The number of rotatable bonds is 2. The summed E-state index contributed by atoms with van der Waals surface area (Å²) < 4.78 is 0. The molecular weight excluding hydrogens is 278 g/mol. The molecule has 3 aliphatic carbocycles. The highest BCUT2D eigenvalue weighted by atomic mass is 15.2. The van der Waals surface area contributed by atoms with Gasteiger partial charge in [-0.25, -0.2) is 0 Å². The molecular formula is C22H31N. The van der Waals surface area contributed by atoms with Gasteiger partial charge in [0.2, 0.25) is 0 Å². The molecule has 1 heterocycles. The lowest BCUT2D eigenvalue weighted by Crippen LogP contribution is -2.30. The number of hydrogen-bond donors (Lipinski definition) is 0. The van der Waals surface area contributed by atoms with Gasteiger partial charge in [-0.1, -0.05) is 19.1 Å². The third-order valence-corrected chi connectivity index (χ3v) is 6.52. The number of allylic oxidation sites excluding steroid dienone is 6. The summed E-state index contributed by atoms with van der Waals surface area (Å²) in [5, 5.41) is 0. The van der Waals surface area contributed by atoms with Crippen LogP contribution in [0.15, 0.2) is 46.3 Å². The molecule has 23 heavy (non-hydrogen) atoms. The Morgan fingerprint density at radius 2 is 1.65 bits per heavy atom. The van der Waals surface area contributed by atoms with Gasteiger partial charge >= 0.3 is 0 Å². The van der Waals surface area contributed by atoms with E-state index >= 15 is 0 Å². The minimum Gasteiger partial charge on any atom is -0.342 e. The molecule has 4 aliphatic rings. The van der Waals surface area contributed by atoms with Crippen LogP contribution in [0.1, 0.15) is 78.1 Å². The largest absolute Gasteiger partial charge is 0.342 e. The van der Waals surface area contributed by atoms with Crippen molar-refractivity contribution in [2.24, 2.45) is 5.92 Å². The Bertz CT molecular complexity index is 601. The third-order valence-electron chi connectivity index (χ3n) is 6.52.